The molecule has 0 aliphatic heterocycles. The van der Waals surface area contributed by atoms with Gasteiger partial charge in [0.05, 0.1) is 7.11 Å². The minimum atomic E-state index is 0.317. The number of aromatic hydroxyl groups is 1. The molecule has 0 heterocycles. The fourth-order valence-corrected chi connectivity index (χ4v) is 2.73. The molecule has 2 N–H and O–H groups in total. The van der Waals surface area contributed by atoms with E-state index in [4.69, 9.17) is 4.74 Å². The maximum atomic E-state index is 9.93. The number of ether oxygens (including phenoxy) is 1. The maximum absolute atomic E-state index is 9.93. The largest absolute Gasteiger partial charge is 0.507 e. The van der Waals surface area contributed by atoms with E-state index in [1.807, 2.05) is 12.1 Å². The second-order valence-corrected chi connectivity index (χ2v) is 5.42. The first kappa shape index (κ1) is 14.2. The van der Waals surface area contributed by atoms with Crippen molar-refractivity contribution < 1.29 is 9.84 Å². The van der Waals surface area contributed by atoms with Crippen LogP contribution in [0.1, 0.15) is 50.5 Å². The van der Waals surface area contributed by atoms with Gasteiger partial charge in [0.25, 0.3) is 0 Å². The van der Waals surface area contributed by atoms with Crippen molar-refractivity contribution in [1.29, 1.82) is 0 Å². The number of hydrogen-bond donors (Lipinski definition) is 2. The predicted octanol–water partition coefficient (Wildman–Crippen LogP) is 3.60. The third-order valence-corrected chi connectivity index (χ3v) is 3.98. The molecule has 19 heavy (non-hydrogen) atoms. The Morgan fingerprint density at radius 3 is 2.47 bits per heavy atom. The minimum Gasteiger partial charge on any atom is -0.507 e. The number of phenolic OH excluding ortho intramolecular Hbond substituents is 1. The van der Waals surface area contributed by atoms with Crippen molar-refractivity contribution in [1.82, 2.24) is 5.32 Å². The topological polar surface area (TPSA) is 41.5 Å². The monoisotopic (exact) mass is 263 g/mol. The average molecular weight is 263 g/mol. The van der Waals surface area contributed by atoms with Gasteiger partial charge in [-0.25, -0.2) is 0 Å². The Kier molecular flexibility index (Phi) is 5.52. The molecule has 1 aromatic rings. The van der Waals surface area contributed by atoms with Crippen molar-refractivity contribution >= 4 is 0 Å². The summed E-state index contributed by atoms with van der Waals surface area (Å²) in [5.41, 5.74) is 0.947. The van der Waals surface area contributed by atoms with Crippen molar-refractivity contribution in [2.24, 2.45) is 0 Å². The van der Waals surface area contributed by atoms with E-state index in [9.17, 15) is 5.11 Å². The highest BCUT2D eigenvalue weighted by molar-refractivity contribution is 5.39. The number of benzene rings is 1. The van der Waals surface area contributed by atoms with Gasteiger partial charge in [-0.1, -0.05) is 38.2 Å². The van der Waals surface area contributed by atoms with Crippen LogP contribution in [0.5, 0.6) is 11.5 Å². The van der Waals surface area contributed by atoms with E-state index in [1.165, 1.54) is 44.9 Å². The van der Waals surface area contributed by atoms with Crippen LogP contribution in [0, 0.1) is 0 Å². The summed E-state index contributed by atoms with van der Waals surface area (Å²) in [7, 11) is 1.61. The molecule has 0 bridgehead atoms. The van der Waals surface area contributed by atoms with Gasteiger partial charge in [-0.3, -0.25) is 0 Å². The lowest BCUT2D eigenvalue weighted by Crippen LogP contribution is -2.29. The molecule has 0 saturated heterocycles. The molecule has 0 aromatic heterocycles. The molecule has 1 aromatic carbocycles. The zero-order valence-electron chi connectivity index (χ0n) is 11.8. The fraction of sp³-hybridized carbons (Fsp3) is 0.625. The molecular weight excluding hydrogens is 238 g/mol. The van der Waals surface area contributed by atoms with Crippen molar-refractivity contribution in [3.05, 3.63) is 23.8 Å². The van der Waals surface area contributed by atoms with Gasteiger partial charge in [0.15, 0.2) is 0 Å². The van der Waals surface area contributed by atoms with E-state index in [0.717, 1.165) is 12.1 Å². The number of nitrogens with one attached hydrogen (secondary N) is 1. The van der Waals surface area contributed by atoms with Crippen molar-refractivity contribution in [2.75, 3.05) is 7.11 Å². The van der Waals surface area contributed by atoms with Crippen LogP contribution >= 0.6 is 0 Å². The first-order valence-electron chi connectivity index (χ1n) is 7.39. The van der Waals surface area contributed by atoms with Gasteiger partial charge in [-0.15, -0.1) is 0 Å². The summed E-state index contributed by atoms with van der Waals surface area (Å²) in [6.45, 7) is 0.737. The van der Waals surface area contributed by atoms with E-state index in [2.05, 4.69) is 5.32 Å². The molecule has 1 fully saturated rings. The van der Waals surface area contributed by atoms with Crippen LogP contribution in [-0.2, 0) is 6.54 Å². The quantitative estimate of drug-likeness (QED) is 0.872. The van der Waals surface area contributed by atoms with Gasteiger partial charge in [-0.2, -0.15) is 0 Å². The van der Waals surface area contributed by atoms with Gasteiger partial charge in [0.2, 0.25) is 0 Å². The molecule has 0 amide bonds. The Hall–Kier alpha value is -1.22. The normalized spacial score (nSPS) is 17.7. The van der Waals surface area contributed by atoms with Crippen molar-refractivity contribution in [2.45, 2.75) is 57.5 Å². The summed E-state index contributed by atoms with van der Waals surface area (Å²) >= 11 is 0. The van der Waals surface area contributed by atoms with Crippen LogP contribution in [0.25, 0.3) is 0 Å². The van der Waals surface area contributed by atoms with E-state index < -0.39 is 0 Å². The molecule has 0 atom stereocenters. The van der Waals surface area contributed by atoms with E-state index >= 15 is 0 Å². The van der Waals surface area contributed by atoms with Crippen molar-refractivity contribution in [3.63, 3.8) is 0 Å². The highest BCUT2D eigenvalue weighted by atomic mass is 16.5. The van der Waals surface area contributed by atoms with Gasteiger partial charge in [0.1, 0.15) is 11.5 Å². The third kappa shape index (κ3) is 4.43. The number of phenols is 1. The minimum absolute atomic E-state index is 0.317. The molecule has 3 nitrogen and oxygen atoms in total. The smallest absolute Gasteiger partial charge is 0.123 e. The molecule has 2 rings (SSSR count). The maximum Gasteiger partial charge on any atom is 0.123 e. The number of rotatable bonds is 4. The molecule has 1 saturated carbocycles. The first-order valence-corrected chi connectivity index (χ1v) is 7.39. The first-order chi connectivity index (χ1) is 9.29. The molecule has 0 radical (unpaired) electrons. The SMILES string of the molecule is COc1ccc(CNC2CCCCCCC2)c(O)c1. The number of hydrogen-bond acceptors (Lipinski definition) is 3. The van der Waals surface area contributed by atoms with Crippen molar-refractivity contribution in [3.8, 4) is 11.5 Å². The predicted molar refractivity (Wildman–Crippen MR) is 77.6 cm³/mol. The molecule has 0 unspecified atom stereocenters. The molecule has 1 aliphatic carbocycles. The van der Waals surface area contributed by atoms with Gasteiger partial charge < -0.3 is 15.2 Å². The lowest BCUT2D eigenvalue weighted by molar-refractivity contribution is 0.382. The van der Waals surface area contributed by atoms with Crippen LogP contribution in [-0.4, -0.2) is 18.3 Å². The number of methoxy groups -OCH3 is 1. The Balaban J connectivity index is 1.86. The van der Waals surface area contributed by atoms with E-state index in [0.29, 0.717) is 17.5 Å². The van der Waals surface area contributed by atoms with Gasteiger partial charge in [-0.05, 0) is 18.9 Å². The Bertz CT molecular complexity index is 384. The summed E-state index contributed by atoms with van der Waals surface area (Å²) < 4.78 is 5.09. The molecule has 106 valence electrons. The van der Waals surface area contributed by atoms with Crippen LogP contribution in [0.4, 0.5) is 0 Å². The summed E-state index contributed by atoms with van der Waals surface area (Å²) in [5, 5.41) is 13.5. The molecule has 0 spiro atoms. The average Bonchev–Trinajstić information content (AvgIpc) is 2.38. The highest BCUT2D eigenvalue weighted by Gasteiger charge is 2.11. The Morgan fingerprint density at radius 1 is 1.16 bits per heavy atom. The van der Waals surface area contributed by atoms with E-state index in [1.54, 1.807) is 13.2 Å². The zero-order chi connectivity index (χ0) is 13.5. The summed E-state index contributed by atoms with van der Waals surface area (Å²) in [4.78, 5) is 0. The summed E-state index contributed by atoms with van der Waals surface area (Å²) in [5.74, 6) is 1.02. The zero-order valence-corrected chi connectivity index (χ0v) is 11.8. The van der Waals surface area contributed by atoms with Gasteiger partial charge >= 0.3 is 0 Å². The standard InChI is InChI=1S/C16H25NO2/c1-19-15-10-9-13(16(18)11-15)12-17-14-7-5-3-2-4-6-8-14/h9-11,14,17-18H,2-8,12H2,1H3. The van der Waals surface area contributed by atoms with Crippen LogP contribution < -0.4 is 10.1 Å². The van der Waals surface area contributed by atoms with Crippen LogP contribution in [0.2, 0.25) is 0 Å². The lowest BCUT2D eigenvalue weighted by atomic mass is 9.96. The van der Waals surface area contributed by atoms with Crippen LogP contribution in [0.15, 0.2) is 18.2 Å². The van der Waals surface area contributed by atoms with E-state index in [-0.39, 0.29) is 0 Å². The summed E-state index contributed by atoms with van der Waals surface area (Å²) in [6, 6.07) is 6.11. The lowest BCUT2D eigenvalue weighted by Gasteiger charge is -2.21. The third-order valence-electron chi connectivity index (χ3n) is 3.98. The highest BCUT2D eigenvalue weighted by Crippen LogP contribution is 2.24. The summed E-state index contributed by atoms with van der Waals surface area (Å²) in [6.07, 6.45) is 9.30. The molecule has 3 heteroatoms. The fourth-order valence-electron chi connectivity index (χ4n) is 2.73. The second-order valence-electron chi connectivity index (χ2n) is 5.42. The Morgan fingerprint density at radius 2 is 1.84 bits per heavy atom. The Labute approximate surface area is 116 Å². The van der Waals surface area contributed by atoms with Gasteiger partial charge in [0, 0.05) is 24.2 Å². The second kappa shape index (κ2) is 7.39. The van der Waals surface area contributed by atoms with Crippen LogP contribution in [0.3, 0.4) is 0 Å². The molecular formula is C16H25NO2. The molecule has 1 aliphatic rings.